The smallest absolute Gasteiger partial charge is 0.172 e. The molecule has 5 rings (SSSR count). The zero-order chi connectivity index (χ0) is 19.1. The molecule has 0 aromatic heterocycles. The molecule has 0 radical (unpaired) electrons. The summed E-state index contributed by atoms with van der Waals surface area (Å²) in [6.07, 6.45) is 7.86. The van der Waals surface area contributed by atoms with Gasteiger partial charge in [-0.25, -0.2) is 0 Å². The van der Waals surface area contributed by atoms with Crippen LogP contribution in [0.25, 0.3) is 0 Å². The van der Waals surface area contributed by atoms with Crippen LogP contribution in [-0.2, 0) is 19.0 Å². The second kappa shape index (κ2) is 5.65. The van der Waals surface area contributed by atoms with E-state index in [1.165, 1.54) is 5.57 Å². The molecule has 1 heterocycles. The fraction of sp³-hybridized carbons (Fsp3) is 0.864. The molecule has 4 aliphatic carbocycles. The molecule has 1 saturated heterocycles. The topological polar surface area (TPSA) is 65.0 Å². The molecule has 6 unspecified atom stereocenters. The van der Waals surface area contributed by atoms with Gasteiger partial charge in [0, 0.05) is 44.1 Å². The Kier molecular flexibility index (Phi) is 3.83. The van der Waals surface area contributed by atoms with E-state index in [0.29, 0.717) is 43.7 Å². The number of ether oxygens (including phenoxy) is 3. The van der Waals surface area contributed by atoms with Crippen LogP contribution in [0.3, 0.4) is 0 Å². The number of rotatable bonds is 1. The molecule has 0 bridgehead atoms. The molecule has 4 fully saturated rings. The Morgan fingerprint density at radius 1 is 1.15 bits per heavy atom. The van der Waals surface area contributed by atoms with Crippen LogP contribution in [0.2, 0.25) is 0 Å². The molecule has 6 atom stereocenters. The van der Waals surface area contributed by atoms with Crippen molar-refractivity contribution in [2.45, 2.75) is 70.4 Å². The van der Waals surface area contributed by atoms with Crippen LogP contribution in [-0.4, -0.2) is 42.8 Å². The summed E-state index contributed by atoms with van der Waals surface area (Å²) < 4.78 is 17.5. The number of methoxy groups -OCH3 is 1. The van der Waals surface area contributed by atoms with E-state index in [2.05, 4.69) is 19.9 Å². The Bertz CT molecular complexity index is 695. The molecular weight excluding hydrogens is 344 g/mol. The van der Waals surface area contributed by atoms with E-state index in [1.807, 2.05) is 0 Å². The van der Waals surface area contributed by atoms with Crippen LogP contribution in [0.15, 0.2) is 11.6 Å². The van der Waals surface area contributed by atoms with E-state index in [4.69, 9.17) is 14.2 Å². The minimum Gasteiger partial charge on any atom is -0.365 e. The molecule has 0 aromatic rings. The van der Waals surface area contributed by atoms with Crippen molar-refractivity contribution < 1.29 is 24.1 Å². The second-order valence-corrected chi connectivity index (χ2v) is 10.0. The van der Waals surface area contributed by atoms with E-state index in [9.17, 15) is 9.90 Å². The van der Waals surface area contributed by atoms with Crippen LogP contribution in [0, 0.1) is 28.6 Å². The van der Waals surface area contributed by atoms with Crippen molar-refractivity contribution in [1.82, 2.24) is 0 Å². The summed E-state index contributed by atoms with van der Waals surface area (Å²) in [5, 5.41) is 11.1. The molecule has 5 aliphatic rings. The number of fused-ring (bicyclic) bond motifs is 5. The Labute approximate surface area is 161 Å². The molecule has 1 N–H and O–H groups in total. The largest absolute Gasteiger partial charge is 0.365 e. The summed E-state index contributed by atoms with van der Waals surface area (Å²) in [5.41, 5.74) is 0.777. The van der Waals surface area contributed by atoms with E-state index in [0.717, 1.165) is 32.1 Å². The molecule has 0 amide bonds. The summed E-state index contributed by atoms with van der Waals surface area (Å²) >= 11 is 0. The van der Waals surface area contributed by atoms with Crippen molar-refractivity contribution >= 4 is 5.78 Å². The standard InChI is InChI=1S/C22H32O5/c1-19-8-9-21(26-10-11-27-21)12-14(19)4-5-15-16-6-7-22(24,25-3)20(16,2)13-17(23)18(15)19/h4,15-16,18,24H,5-13H2,1-3H3. The van der Waals surface area contributed by atoms with Crippen molar-refractivity contribution in [1.29, 1.82) is 0 Å². The Morgan fingerprint density at radius 3 is 2.59 bits per heavy atom. The minimum atomic E-state index is -1.18. The molecule has 3 saturated carbocycles. The van der Waals surface area contributed by atoms with Gasteiger partial charge in [-0.15, -0.1) is 0 Å². The van der Waals surface area contributed by atoms with Gasteiger partial charge in [-0.1, -0.05) is 25.5 Å². The third-order valence-corrected chi connectivity index (χ3v) is 9.03. The van der Waals surface area contributed by atoms with Gasteiger partial charge in [0.2, 0.25) is 0 Å². The zero-order valence-electron chi connectivity index (χ0n) is 16.8. The molecule has 5 heteroatoms. The van der Waals surface area contributed by atoms with Crippen LogP contribution in [0.4, 0.5) is 0 Å². The van der Waals surface area contributed by atoms with Gasteiger partial charge in [0.1, 0.15) is 5.78 Å². The van der Waals surface area contributed by atoms with Gasteiger partial charge in [-0.05, 0) is 36.5 Å². The van der Waals surface area contributed by atoms with Crippen LogP contribution >= 0.6 is 0 Å². The first-order chi connectivity index (χ1) is 12.8. The number of hydrogen-bond acceptors (Lipinski definition) is 5. The van der Waals surface area contributed by atoms with Crippen molar-refractivity contribution in [2.75, 3.05) is 20.3 Å². The zero-order valence-corrected chi connectivity index (χ0v) is 16.8. The first kappa shape index (κ1) is 18.3. The molecule has 5 nitrogen and oxygen atoms in total. The lowest BCUT2D eigenvalue weighted by Gasteiger charge is -2.58. The summed E-state index contributed by atoms with van der Waals surface area (Å²) in [4.78, 5) is 13.5. The van der Waals surface area contributed by atoms with Gasteiger partial charge in [0.25, 0.3) is 0 Å². The molecule has 1 spiro atoms. The van der Waals surface area contributed by atoms with Crippen molar-refractivity contribution in [3.05, 3.63) is 11.6 Å². The van der Waals surface area contributed by atoms with Crippen molar-refractivity contribution in [3.63, 3.8) is 0 Å². The van der Waals surface area contributed by atoms with Gasteiger partial charge in [-0.3, -0.25) is 4.79 Å². The van der Waals surface area contributed by atoms with E-state index >= 15 is 0 Å². The highest BCUT2D eigenvalue weighted by molar-refractivity contribution is 5.85. The third kappa shape index (κ3) is 2.23. The van der Waals surface area contributed by atoms with Crippen molar-refractivity contribution in [2.24, 2.45) is 28.6 Å². The van der Waals surface area contributed by atoms with Gasteiger partial charge in [0.15, 0.2) is 11.6 Å². The minimum absolute atomic E-state index is 0.0496. The third-order valence-electron chi connectivity index (χ3n) is 9.03. The SMILES string of the molecule is COC1(O)CCC2C3CC=C4CC5(CCC4(C)C3C(=O)CC21C)OCCO5. The fourth-order valence-electron chi connectivity index (χ4n) is 7.48. The summed E-state index contributed by atoms with van der Waals surface area (Å²) in [7, 11) is 1.58. The van der Waals surface area contributed by atoms with Crippen LogP contribution < -0.4 is 0 Å². The lowest BCUT2D eigenvalue weighted by atomic mass is 9.47. The summed E-state index contributed by atoms with van der Waals surface area (Å²) in [6, 6.07) is 0. The summed E-state index contributed by atoms with van der Waals surface area (Å²) in [5.74, 6) is -0.635. The first-order valence-electron chi connectivity index (χ1n) is 10.5. The normalized spacial score (nSPS) is 50.9. The number of carbonyl (C=O) groups is 1. The monoisotopic (exact) mass is 376 g/mol. The Balaban J connectivity index is 1.51. The number of allylic oxidation sites excluding steroid dienone is 1. The maximum absolute atomic E-state index is 13.5. The van der Waals surface area contributed by atoms with Gasteiger partial charge >= 0.3 is 0 Å². The average Bonchev–Trinajstić information content (AvgIpc) is 3.19. The number of carbonyl (C=O) groups excluding carboxylic acids is 1. The molecule has 1 aliphatic heterocycles. The second-order valence-electron chi connectivity index (χ2n) is 10.0. The van der Waals surface area contributed by atoms with E-state index in [1.54, 1.807) is 7.11 Å². The maximum atomic E-state index is 13.5. The van der Waals surface area contributed by atoms with E-state index in [-0.39, 0.29) is 11.3 Å². The highest BCUT2D eigenvalue weighted by Crippen LogP contribution is 2.67. The summed E-state index contributed by atoms with van der Waals surface area (Å²) in [6.45, 7) is 5.70. The number of Topliss-reactive ketones (excluding diaryl/α,β-unsaturated/α-hetero) is 1. The van der Waals surface area contributed by atoms with Crippen LogP contribution in [0.5, 0.6) is 0 Å². The van der Waals surface area contributed by atoms with Gasteiger partial charge < -0.3 is 19.3 Å². The Hall–Kier alpha value is -0.750. The molecule has 150 valence electrons. The van der Waals surface area contributed by atoms with Gasteiger partial charge in [-0.2, -0.15) is 0 Å². The van der Waals surface area contributed by atoms with Crippen molar-refractivity contribution in [3.8, 4) is 0 Å². The number of aliphatic hydroxyl groups is 1. The fourth-order valence-corrected chi connectivity index (χ4v) is 7.48. The predicted octanol–water partition coefficient (Wildman–Crippen LogP) is 3.21. The predicted molar refractivity (Wildman–Crippen MR) is 98.7 cm³/mol. The molecule has 27 heavy (non-hydrogen) atoms. The lowest BCUT2D eigenvalue weighted by molar-refractivity contribution is -0.259. The molecular formula is C22H32O5. The lowest BCUT2D eigenvalue weighted by Crippen LogP contribution is -2.59. The number of hydrogen-bond donors (Lipinski definition) is 1. The highest BCUT2D eigenvalue weighted by atomic mass is 16.7. The van der Waals surface area contributed by atoms with Crippen LogP contribution in [0.1, 0.15) is 58.8 Å². The first-order valence-corrected chi connectivity index (χ1v) is 10.5. The van der Waals surface area contributed by atoms with Gasteiger partial charge in [0.05, 0.1) is 13.2 Å². The maximum Gasteiger partial charge on any atom is 0.172 e. The highest BCUT2D eigenvalue weighted by Gasteiger charge is 2.67. The van der Waals surface area contributed by atoms with E-state index < -0.39 is 17.0 Å². The molecule has 0 aromatic carbocycles. The average molecular weight is 376 g/mol. The Morgan fingerprint density at radius 2 is 1.89 bits per heavy atom. The number of ketones is 1. The quantitative estimate of drug-likeness (QED) is 0.562.